The number of nitrogens with one attached hydrogen (secondary N) is 1. The number of hydrogen-bond acceptors (Lipinski definition) is 3. The van der Waals surface area contributed by atoms with E-state index < -0.39 is 17.9 Å². The first-order chi connectivity index (χ1) is 9.99. The molecule has 0 aromatic heterocycles. The highest BCUT2D eigenvalue weighted by Crippen LogP contribution is 2.30. The van der Waals surface area contributed by atoms with Crippen LogP contribution in [-0.2, 0) is 4.79 Å². The summed E-state index contributed by atoms with van der Waals surface area (Å²) in [7, 11) is 0. The van der Waals surface area contributed by atoms with Gasteiger partial charge in [-0.15, -0.1) is 0 Å². The predicted octanol–water partition coefficient (Wildman–Crippen LogP) is 2.31. The summed E-state index contributed by atoms with van der Waals surface area (Å²) in [6.45, 7) is 3.89. The lowest BCUT2D eigenvalue weighted by Crippen LogP contribution is -2.40. The molecule has 1 aromatic rings. The van der Waals surface area contributed by atoms with E-state index in [-0.39, 0.29) is 5.91 Å². The third-order valence-electron chi connectivity index (χ3n) is 3.80. The van der Waals surface area contributed by atoms with Gasteiger partial charge >= 0.3 is 5.97 Å². The van der Waals surface area contributed by atoms with E-state index in [4.69, 9.17) is 9.84 Å². The predicted molar refractivity (Wildman–Crippen MR) is 78.4 cm³/mol. The highest BCUT2D eigenvalue weighted by molar-refractivity contribution is 5.97. The summed E-state index contributed by atoms with van der Waals surface area (Å²) in [4.78, 5) is 23.2. The van der Waals surface area contributed by atoms with Gasteiger partial charge in [0.25, 0.3) is 5.91 Å². The van der Waals surface area contributed by atoms with Crippen LogP contribution in [0.2, 0.25) is 0 Å². The Labute approximate surface area is 124 Å². The topological polar surface area (TPSA) is 75.6 Å². The van der Waals surface area contributed by atoms with Crippen molar-refractivity contribution in [3.63, 3.8) is 0 Å². The second kappa shape index (κ2) is 6.61. The van der Waals surface area contributed by atoms with Gasteiger partial charge in [0.1, 0.15) is 5.75 Å². The lowest BCUT2D eigenvalue weighted by atomic mass is 10.0. The van der Waals surface area contributed by atoms with Crippen LogP contribution in [0.5, 0.6) is 5.75 Å². The molecule has 2 N–H and O–H groups in total. The first kappa shape index (κ1) is 15.4. The van der Waals surface area contributed by atoms with Crippen molar-refractivity contribution in [1.82, 2.24) is 5.32 Å². The van der Waals surface area contributed by atoms with Gasteiger partial charge in [-0.2, -0.15) is 0 Å². The number of carboxylic acid groups (broad SMARTS) is 1. The van der Waals surface area contributed by atoms with E-state index in [1.165, 1.54) is 12.8 Å². The maximum Gasteiger partial charge on any atom is 0.308 e. The summed E-state index contributed by atoms with van der Waals surface area (Å²) >= 11 is 0. The lowest BCUT2D eigenvalue weighted by Gasteiger charge is -2.19. The van der Waals surface area contributed by atoms with Crippen molar-refractivity contribution in [1.29, 1.82) is 0 Å². The molecule has 1 aliphatic rings. The molecule has 0 aliphatic heterocycles. The zero-order chi connectivity index (χ0) is 15.4. The molecular weight excluding hydrogens is 270 g/mol. The highest BCUT2D eigenvalue weighted by atomic mass is 16.5. The van der Waals surface area contributed by atoms with Crippen LogP contribution in [0.15, 0.2) is 24.3 Å². The number of carbonyl (C=O) groups is 2. The molecule has 2 atom stereocenters. The fraction of sp³-hybridized carbons (Fsp3) is 0.500. The first-order valence-corrected chi connectivity index (χ1v) is 7.24. The fourth-order valence-corrected chi connectivity index (χ4v) is 1.90. The molecule has 5 nitrogen and oxygen atoms in total. The molecule has 0 bridgehead atoms. The minimum Gasteiger partial charge on any atom is -0.492 e. The van der Waals surface area contributed by atoms with Crippen LogP contribution in [0, 0.1) is 11.8 Å². The fourth-order valence-electron chi connectivity index (χ4n) is 1.90. The Morgan fingerprint density at radius 3 is 2.62 bits per heavy atom. The molecule has 0 saturated heterocycles. The monoisotopic (exact) mass is 291 g/mol. The van der Waals surface area contributed by atoms with Gasteiger partial charge in [-0.1, -0.05) is 12.1 Å². The van der Waals surface area contributed by atoms with Crippen LogP contribution in [0.3, 0.4) is 0 Å². The van der Waals surface area contributed by atoms with E-state index in [0.717, 1.165) is 0 Å². The van der Waals surface area contributed by atoms with Crippen molar-refractivity contribution in [2.24, 2.45) is 11.8 Å². The molecular formula is C16H21NO4. The second-order valence-electron chi connectivity index (χ2n) is 5.64. The number of benzene rings is 1. The van der Waals surface area contributed by atoms with Crippen molar-refractivity contribution in [2.75, 3.05) is 6.61 Å². The number of para-hydroxylation sites is 1. The van der Waals surface area contributed by atoms with Gasteiger partial charge in [0.2, 0.25) is 0 Å². The third-order valence-corrected chi connectivity index (χ3v) is 3.80. The van der Waals surface area contributed by atoms with Crippen molar-refractivity contribution >= 4 is 11.9 Å². The van der Waals surface area contributed by atoms with Crippen LogP contribution < -0.4 is 10.1 Å². The summed E-state index contributed by atoms with van der Waals surface area (Å²) < 4.78 is 5.69. The Bertz CT molecular complexity index is 525. The minimum atomic E-state index is -0.930. The molecule has 1 amide bonds. The van der Waals surface area contributed by atoms with Gasteiger partial charge in [0, 0.05) is 6.04 Å². The summed E-state index contributed by atoms with van der Waals surface area (Å²) in [5, 5.41) is 11.7. The average Bonchev–Trinajstić information content (AvgIpc) is 3.28. The Hall–Kier alpha value is -2.04. The SMILES string of the molecule is CC(NC(=O)c1ccccc1OCC1CC1)C(C)C(=O)O. The maximum atomic E-state index is 12.3. The van der Waals surface area contributed by atoms with E-state index in [1.807, 2.05) is 6.07 Å². The molecule has 2 unspecified atom stereocenters. The van der Waals surface area contributed by atoms with E-state index in [1.54, 1.807) is 32.0 Å². The van der Waals surface area contributed by atoms with Gasteiger partial charge in [0.05, 0.1) is 18.1 Å². The van der Waals surface area contributed by atoms with Crippen molar-refractivity contribution < 1.29 is 19.4 Å². The number of carboxylic acids is 1. The van der Waals surface area contributed by atoms with Crippen molar-refractivity contribution in [2.45, 2.75) is 32.7 Å². The summed E-state index contributed by atoms with van der Waals surface area (Å²) in [5.74, 6) is -0.722. The van der Waals surface area contributed by atoms with E-state index in [2.05, 4.69) is 5.32 Å². The van der Waals surface area contributed by atoms with Gasteiger partial charge in [0.15, 0.2) is 0 Å². The van der Waals surface area contributed by atoms with Crippen LogP contribution >= 0.6 is 0 Å². The lowest BCUT2D eigenvalue weighted by molar-refractivity contribution is -0.141. The smallest absolute Gasteiger partial charge is 0.308 e. The van der Waals surface area contributed by atoms with Gasteiger partial charge in [-0.05, 0) is 44.7 Å². The number of amides is 1. The van der Waals surface area contributed by atoms with Crippen molar-refractivity contribution in [3.05, 3.63) is 29.8 Å². The van der Waals surface area contributed by atoms with Crippen molar-refractivity contribution in [3.8, 4) is 5.75 Å². The molecule has 114 valence electrons. The molecule has 1 aromatic carbocycles. The standard InChI is InChI=1S/C16H21NO4/c1-10(16(19)20)11(2)17-15(18)13-5-3-4-6-14(13)21-9-12-7-8-12/h3-6,10-12H,7-9H2,1-2H3,(H,17,18)(H,19,20). The number of rotatable bonds is 7. The van der Waals surface area contributed by atoms with Crippen LogP contribution in [0.1, 0.15) is 37.0 Å². The first-order valence-electron chi connectivity index (χ1n) is 7.24. The molecule has 0 radical (unpaired) electrons. The van der Waals surface area contributed by atoms with Crippen LogP contribution in [0.25, 0.3) is 0 Å². The van der Waals surface area contributed by atoms with Crippen LogP contribution in [-0.4, -0.2) is 29.6 Å². The Morgan fingerprint density at radius 1 is 1.33 bits per heavy atom. The molecule has 5 heteroatoms. The normalized spacial score (nSPS) is 16.9. The second-order valence-corrected chi connectivity index (χ2v) is 5.64. The highest BCUT2D eigenvalue weighted by Gasteiger charge is 2.25. The van der Waals surface area contributed by atoms with Crippen LogP contribution in [0.4, 0.5) is 0 Å². The Balaban J connectivity index is 2.02. The summed E-state index contributed by atoms with van der Waals surface area (Å²) in [6, 6.07) is 6.59. The molecule has 0 heterocycles. The zero-order valence-corrected chi connectivity index (χ0v) is 12.3. The summed E-state index contributed by atoms with van der Waals surface area (Å²) in [5.41, 5.74) is 0.447. The van der Waals surface area contributed by atoms with Gasteiger partial charge < -0.3 is 15.2 Å². The molecule has 1 aliphatic carbocycles. The number of carbonyl (C=O) groups excluding carboxylic acids is 1. The largest absolute Gasteiger partial charge is 0.492 e. The third kappa shape index (κ3) is 4.21. The van der Waals surface area contributed by atoms with Gasteiger partial charge in [-0.3, -0.25) is 9.59 Å². The molecule has 21 heavy (non-hydrogen) atoms. The Kier molecular flexibility index (Phi) is 4.83. The average molecular weight is 291 g/mol. The number of aliphatic carboxylic acids is 1. The maximum absolute atomic E-state index is 12.3. The zero-order valence-electron chi connectivity index (χ0n) is 12.3. The van der Waals surface area contributed by atoms with E-state index in [9.17, 15) is 9.59 Å². The Morgan fingerprint density at radius 2 is 2.00 bits per heavy atom. The molecule has 0 spiro atoms. The van der Waals surface area contributed by atoms with Gasteiger partial charge in [-0.25, -0.2) is 0 Å². The molecule has 1 fully saturated rings. The summed E-state index contributed by atoms with van der Waals surface area (Å²) in [6.07, 6.45) is 2.36. The van der Waals surface area contributed by atoms with E-state index >= 15 is 0 Å². The van der Waals surface area contributed by atoms with E-state index in [0.29, 0.717) is 23.8 Å². The quantitative estimate of drug-likeness (QED) is 0.808. The number of ether oxygens (including phenoxy) is 1. The number of hydrogen-bond donors (Lipinski definition) is 2. The minimum absolute atomic E-state index is 0.304. The molecule has 1 saturated carbocycles. The molecule has 2 rings (SSSR count).